The van der Waals surface area contributed by atoms with Crippen molar-refractivity contribution in [3.8, 4) is 0 Å². The van der Waals surface area contributed by atoms with E-state index in [2.05, 4.69) is 6.92 Å². The zero-order valence-corrected chi connectivity index (χ0v) is 11.4. The molecule has 1 amide bonds. The van der Waals surface area contributed by atoms with Gasteiger partial charge >= 0.3 is 6.09 Å². The van der Waals surface area contributed by atoms with Gasteiger partial charge in [-0.3, -0.25) is 0 Å². The molecule has 1 aliphatic rings. The van der Waals surface area contributed by atoms with E-state index in [4.69, 9.17) is 4.74 Å². The van der Waals surface area contributed by atoms with Crippen molar-refractivity contribution in [1.82, 2.24) is 4.90 Å². The summed E-state index contributed by atoms with van der Waals surface area (Å²) in [6.07, 6.45) is 2.82. The van der Waals surface area contributed by atoms with E-state index in [1.807, 2.05) is 20.8 Å². The molecule has 2 atom stereocenters. The van der Waals surface area contributed by atoms with Crippen molar-refractivity contribution in [1.29, 1.82) is 0 Å². The summed E-state index contributed by atoms with van der Waals surface area (Å²) < 4.78 is 5.36. The zero-order valence-electron chi connectivity index (χ0n) is 11.4. The number of hydrogen-bond donors (Lipinski definition) is 1. The van der Waals surface area contributed by atoms with Gasteiger partial charge in [0.15, 0.2) is 0 Å². The van der Waals surface area contributed by atoms with E-state index in [1.165, 1.54) is 0 Å². The molecule has 1 rings (SSSR count). The highest BCUT2D eigenvalue weighted by Gasteiger charge is 2.36. The number of hydrogen-bond acceptors (Lipinski definition) is 3. The minimum absolute atomic E-state index is 0.0272. The summed E-state index contributed by atoms with van der Waals surface area (Å²) in [7, 11) is 0. The van der Waals surface area contributed by atoms with Crippen molar-refractivity contribution in [3.63, 3.8) is 0 Å². The van der Waals surface area contributed by atoms with Crippen LogP contribution >= 0.6 is 0 Å². The van der Waals surface area contributed by atoms with Gasteiger partial charge in [-0.15, -0.1) is 0 Å². The fourth-order valence-corrected chi connectivity index (χ4v) is 2.35. The van der Waals surface area contributed by atoms with Crippen molar-refractivity contribution in [2.75, 3.05) is 13.2 Å². The highest BCUT2D eigenvalue weighted by molar-refractivity contribution is 5.69. The molecule has 0 bridgehead atoms. The van der Waals surface area contributed by atoms with Crippen LogP contribution in [0.2, 0.25) is 0 Å². The Morgan fingerprint density at radius 2 is 2.12 bits per heavy atom. The van der Waals surface area contributed by atoms with Crippen LogP contribution in [-0.2, 0) is 4.74 Å². The van der Waals surface area contributed by atoms with Crippen molar-refractivity contribution in [3.05, 3.63) is 0 Å². The molecule has 4 heteroatoms. The first-order valence-electron chi connectivity index (χ1n) is 6.47. The van der Waals surface area contributed by atoms with Crippen molar-refractivity contribution in [2.45, 2.75) is 58.6 Å². The zero-order chi connectivity index (χ0) is 13.1. The standard InChI is InChI=1S/C13H25NO3/c1-5-6-10-7-11(9-15)14(8-10)12(16)17-13(2,3)4/h10-11,15H,5-9H2,1-4H3/t10-,11-/m0/s1. The van der Waals surface area contributed by atoms with Gasteiger partial charge in [0, 0.05) is 6.54 Å². The lowest BCUT2D eigenvalue weighted by Crippen LogP contribution is -2.41. The number of rotatable bonds is 3. The average Bonchev–Trinajstić information content (AvgIpc) is 2.59. The smallest absolute Gasteiger partial charge is 0.410 e. The minimum Gasteiger partial charge on any atom is -0.444 e. The lowest BCUT2D eigenvalue weighted by molar-refractivity contribution is 0.0172. The Hall–Kier alpha value is -0.770. The molecule has 4 nitrogen and oxygen atoms in total. The Bertz CT molecular complexity index is 260. The summed E-state index contributed by atoms with van der Waals surface area (Å²) in [5.41, 5.74) is -0.472. The maximum atomic E-state index is 12.0. The summed E-state index contributed by atoms with van der Waals surface area (Å²) in [6.45, 7) is 8.47. The second-order valence-corrected chi connectivity index (χ2v) is 5.86. The van der Waals surface area contributed by atoms with E-state index in [9.17, 15) is 9.90 Å². The first kappa shape index (κ1) is 14.3. The van der Waals surface area contributed by atoms with Gasteiger partial charge in [0.2, 0.25) is 0 Å². The normalized spacial score (nSPS) is 25.1. The topological polar surface area (TPSA) is 49.8 Å². The highest BCUT2D eigenvalue weighted by atomic mass is 16.6. The largest absolute Gasteiger partial charge is 0.444 e. The predicted octanol–water partition coefficient (Wildman–Crippen LogP) is 2.40. The highest BCUT2D eigenvalue weighted by Crippen LogP contribution is 2.28. The number of aliphatic hydroxyl groups is 1. The molecule has 0 aromatic rings. The van der Waals surface area contributed by atoms with Gasteiger partial charge in [-0.25, -0.2) is 4.79 Å². The van der Waals surface area contributed by atoms with Gasteiger partial charge in [0.1, 0.15) is 5.60 Å². The Balaban J connectivity index is 2.59. The summed E-state index contributed by atoms with van der Waals surface area (Å²) in [6, 6.07) is -0.0681. The maximum Gasteiger partial charge on any atom is 0.410 e. The van der Waals surface area contributed by atoms with Gasteiger partial charge in [0.25, 0.3) is 0 Å². The molecule has 0 aromatic carbocycles. The lowest BCUT2D eigenvalue weighted by Gasteiger charge is -2.27. The van der Waals surface area contributed by atoms with E-state index >= 15 is 0 Å². The van der Waals surface area contributed by atoms with E-state index in [0.717, 1.165) is 19.3 Å². The maximum absolute atomic E-state index is 12.0. The Morgan fingerprint density at radius 3 is 2.59 bits per heavy atom. The van der Waals surface area contributed by atoms with Crippen LogP contribution in [0.15, 0.2) is 0 Å². The van der Waals surface area contributed by atoms with Crippen LogP contribution < -0.4 is 0 Å². The Labute approximate surface area is 104 Å². The molecular formula is C13H25NO3. The molecule has 1 saturated heterocycles. The van der Waals surface area contributed by atoms with Crippen LogP contribution in [0.4, 0.5) is 4.79 Å². The second-order valence-electron chi connectivity index (χ2n) is 5.86. The van der Waals surface area contributed by atoms with Crippen molar-refractivity contribution >= 4 is 6.09 Å². The van der Waals surface area contributed by atoms with E-state index in [1.54, 1.807) is 4.90 Å². The third kappa shape index (κ3) is 4.19. The van der Waals surface area contributed by atoms with Crippen molar-refractivity contribution < 1.29 is 14.6 Å². The first-order chi connectivity index (χ1) is 7.87. The van der Waals surface area contributed by atoms with E-state index in [0.29, 0.717) is 12.5 Å². The Morgan fingerprint density at radius 1 is 1.47 bits per heavy atom. The van der Waals surface area contributed by atoms with Crippen LogP contribution in [0.3, 0.4) is 0 Å². The number of aliphatic hydroxyl groups excluding tert-OH is 1. The van der Waals surface area contributed by atoms with E-state index < -0.39 is 5.60 Å². The monoisotopic (exact) mass is 243 g/mol. The van der Waals surface area contributed by atoms with Crippen LogP contribution in [-0.4, -0.2) is 40.9 Å². The number of carbonyl (C=O) groups is 1. The predicted molar refractivity (Wildman–Crippen MR) is 66.8 cm³/mol. The van der Waals surface area contributed by atoms with Gasteiger partial charge < -0.3 is 14.7 Å². The summed E-state index contributed by atoms with van der Waals surface area (Å²) >= 11 is 0. The van der Waals surface area contributed by atoms with Gasteiger partial charge in [0.05, 0.1) is 12.6 Å². The third-order valence-electron chi connectivity index (χ3n) is 3.04. The number of carbonyl (C=O) groups excluding carboxylic acids is 1. The molecule has 0 aromatic heterocycles. The fourth-order valence-electron chi connectivity index (χ4n) is 2.35. The van der Waals surface area contributed by atoms with E-state index in [-0.39, 0.29) is 18.7 Å². The first-order valence-corrected chi connectivity index (χ1v) is 6.47. The molecular weight excluding hydrogens is 218 g/mol. The number of likely N-dealkylation sites (tertiary alicyclic amines) is 1. The lowest BCUT2D eigenvalue weighted by atomic mass is 10.0. The van der Waals surface area contributed by atoms with Gasteiger partial charge in [-0.05, 0) is 39.5 Å². The molecule has 100 valence electrons. The number of amides is 1. The molecule has 0 saturated carbocycles. The van der Waals surface area contributed by atoms with Gasteiger partial charge in [-0.1, -0.05) is 13.3 Å². The van der Waals surface area contributed by atoms with Crippen molar-refractivity contribution in [2.24, 2.45) is 5.92 Å². The fraction of sp³-hybridized carbons (Fsp3) is 0.923. The van der Waals surface area contributed by atoms with Crippen LogP contribution in [0.1, 0.15) is 47.0 Å². The molecule has 0 spiro atoms. The van der Waals surface area contributed by atoms with Gasteiger partial charge in [-0.2, -0.15) is 0 Å². The Kier molecular flexibility index (Phi) is 4.80. The average molecular weight is 243 g/mol. The molecule has 1 N–H and O–H groups in total. The van der Waals surface area contributed by atoms with Crippen LogP contribution in [0, 0.1) is 5.92 Å². The summed E-state index contributed by atoms with van der Waals surface area (Å²) in [4.78, 5) is 13.7. The van der Waals surface area contributed by atoms with Crippen LogP contribution in [0.5, 0.6) is 0 Å². The molecule has 1 heterocycles. The molecule has 0 aliphatic carbocycles. The second kappa shape index (κ2) is 5.71. The SMILES string of the molecule is CCC[C@H]1C[C@@H](CO)N(C(=O)OC(C)(C)C)C1. The quantitative estimate of drug-likeness (QED) is 0.828. The summed E-state index contributed by atoms with van der Waals surface area (Å²) in [5.74, 6) is 0.504. The molecule has 17 heavy (non-hydrogen) atoms. The number of nitrogens with zero attached hydrogens (tertiary/aromatic N) is 1. The molecule has 1 aliphatic heterocycles. The molecule has 0 unspecified atom stereocenters. The molecule has 1 fully saturated rings. The minimum atomic E-state index is -0.472. The molecule has 0 radical (unpaired) electrons. The number of ether oxygens (including phenoxy) is 1. The third-order valence-corrected chi connectivity index (χ3v) is 3.04. The van der Waals surface area contributed by atoms with Crippen LogP contribution in [0.25, 0.3) is 0 Å². The summed E-state index contributed by atoms with van der Waals surface area (Å²) in [5, 5.41) is 9.32.